The fraction of sp³-hybridized carbons (Fsp3) is 0.471. The van der Waals surface area contributed by atoms with E-state index in [9.17, 15) is 13.2 Å². The molecular formula is C17H23N3O3S. The molecule has 7 heteroatoms. The number of hydrogen-bond acceptors (Lipinski definition) is 4. The summed E-state index contributed by atoms with van der Waals surface area (Å²) in [7, 11) is -3.56. The van der Waals surface area contributed by atoms with Crippen LogP contribution in [-0.2, 0) is 10.0 Å². The van der Waals surface area contributed by atoms with Crippen molar-refractivity contribution in [1.82, 2.24) is 15.4 Å². The maximum absolute atomic E-state index is 12.4. The third kappa shape index (κ3) is 3.85. The standard InChI is InChI=1S/C17H23N3O3S/c1-2-9-18-24(22,23)16-7-3-12(4-8-16)17(21)20-15-10-13-5-6-14(11-15)19-13/h2-4,7-8,13-15,18-19H,1,5-6,9-11H2,(H,20,21). The Morgan fingerprint density at radius 1 is 1.21 bits per heavy atom. The van der Waals surface area contributed by atoms with Gasteiger partial charge >= 0.3 is 0 Å². The normalized spacial score (nSPS) is 26.1. The van der Waals surface area contributed by atoms with E-state index in [4.69, 9.17) is 0 Å². The molecule has 6 nitrogen and oxygen atoms in total. The molecule has 2 saturated heterocycles. The molecule has 0 radical (unpaired) electrons. The Hall–Kier alpha value is -1.70. The minimum atomic E-state index is -3.56. The smallest absolute Gasteiger partial charge is 0.251 e. The molecule has 2 aliphatic heterocycles. The highest BCUT2D eigenvalue weighted by Gasteiger charge is 2.34. The average Bonchev–Trinajstić information content (AvgIpc) is 2.91. The lowest BCUT2D eigenvalue weighted by atomic mass is 9.99. The molecule has 2 aliphatic rings. The van der Waals surface area contributed by atoms with Crippen molar-refractivity contribution in [2.24, 2.45) is 0 Å². The number of carbonyl (C=O) groups excluding carboxylic acids is 1. The summed E-state index contributed by atoms with van der Waals surface area (Å²) in [6.45, 7) is 3.65. The van der Waals surface area contributed by atoms with Gasteiger partial charge in [-0.05, 0) is 49.9 Å². The first-order valence-corrected chi connectivity index (χ1v) is 9.74. The van der Waals surface area contributed by atoms with Crippen molar-refractivity contribution in [3.8, 4) is 0 Å². The lowest BCUT2D eigenvalue weighted by molar-refractivity contribution is 0.0924. The zero-order valence-electron chi connectivity index (χ0n) is 13.5. The molecule has 24 heavy (non-hydrogen) atoms. The van der Waals surface area contributed by atoms with Crippen LogP contribution in [0.3, 0.4) is 0 Å². The zero-order chi connectivity index (χ0) is 17.2. The quantitative estimate of drug-likeness (QED) is 0.673. The summed E-state index contributed by atoms with van der Waals surface area (Å²) < 4.78 is 26.4. The van der Waals surface area contributed by atoms with Gasteiger partial charge in [-0.1, -0.05) is 6.08 Å². The highest BCUT2D eigenvalue weighted by molar-refractivity contribution is 7.89. The van der Waals surface area contributed by atoms with Gasteiger partial charge in [0.1, 0.15) is 0 Å². The average molecular weight is 349 g/mol. The minimum absolute atomic E-state index is 0.140. The Kier molecular flexibility index (Phi) is 5.03. The molecule has 130 valence electrons. The highest BCUT2D eigenvalue weighted by Crippen LogP contribution is 2.27. The van der Waals surface area contributed by atoms with Crippen molar-refractivity contribution in [2.45, 2.75) is 48.7 Å². The number of carbonyl (C=O) groups is 1. The summed E-state index contributed by atoms with van der Waals surface area (Å²) in [5.74, 6) is -0.149. The van der Waals surface area contributed by atoms with Crippen LogP contribution in [0.5, 0.6) is 0 Å². The molecule has 0 saturated carbocycles. The Morgan fingerprint density at radius 3 is 2.42 bits per heavy atom. The predicted octanol–water partition coefficient (Wildman–Crippen LogP) is 1.16. The van der Waals surface area contributed by atoms with E-state index in [-0.39, 0.29) is 23.4 Å². The number of benzene rings is 1. The van der Waals surface area contributed by atoms with Crippen molar-refractivity contribution in [3.63, 3.8) is 0 Å². The van der Waals surface area contributed by atoms with Gasteiger partial charge in [-0.15, -0.1) is 6.58 Å². The Balaban J connectivity index is 1.62. The van der Waals surface area contributed by atoms with Gasteiger partial charge in [0.25, 0.3) is 5.91 Å². The molecule has 2 atom stereocenters. The van der Waals surface area contributed by atoms with Crippen LogP contribution in [-0.4, -0.2) is 39.0 Å². The molecule has 1 aromatic rings. The first-order valence-electron chi connectivity index (χ1n) is 8.25. The number of piperidine rings is 1. The van der Waals surface area contributed by atoms with Crippen LogP contribution in [0.25, 0.3) is 0 Å². The Morgan fingerprint density at radius 2 is 1.83 bits per heavy atom. The lowest BCUT2D eigenvalue weighted by Gasteiger charge is -2.29. The number of hydrogen-bond donors (Lipinski definition) is 3. The third-order valence-electron chi connectivity index (χ3n) is 4.65. The van der Waals surface area contributed by atoms with Crippen LogP contribution >= 0.6 is 0 Å². The van der Waals surface area contributed by atoms with E-state index in [1.54, 1.807) is 12.1 Å². The van der Waals surface area contributed by atoms with Crippen LogP contribution in [0.4, 0.5) is 0 Å². The van der Waals surface area contributed by atoms with Gasteiger partial charge in [-0.25, -0.2) is 13.1 Å². The summed E-state index contributed by atoms with van der Waals surface area (Å²) >= 11 is 0. The number of amides is 1. The van der Waals surface area contributed by atoms with Gasteiger partial charge in [0.05, 0.1) is 4.90 Å². The largest absolute Gasteiger partial charge is 0.349 e. The molecule has 2 bridgehead atoms. The van der Waals surface area contributed by atoms with E-state index in [1.807, 2.05) is 0 Å². The van der Waals surface area contributed by atoms with Crippen molar-refractivity contribution >= 4 is 15.9 Å². The lowest BCUT2D eigenvalue weighted by Crippen LogP contribution is -2.48. The van der Waals surface area contributed by atoms with E-state index in [2.05, 4.69) is 21.9 Å². The van der Waals surface area contributed by atoms with Gasteiger partial charge in [-0.3, -0.25) is 4.79 Å². The summed E-state index contributed by atoms with van der Waals surface area (Å²) in [5.41, 5.74) is 0.476. The SMILES string of the molecule is C=CCNS(=O)(=O)c1ccc(C(=O)NC2CC3CCC(C2)N3)cc1. The Bertz CT molecular complexity index is 703. The molecule has 2 unspecified atom stereocenters. The molecule has 2 fully saturated rings. The minimum Gasteiger partial charge on any atom is -0.349 e. The van der Waals surface area contributed by atoms with E-state index < -0.39 is 10.0 Å². The third-order valence-corrected chi connectivity index (χ3v) is 6.09. The van der Waals surface area contributed by atoms with Crippen LogP contribution < -0.4 is 15.4 Å². The van der Waals surface area contributed by atoms with Crippen molar-refractivity contribution in [3.05, 3.63) is 42.5 Å². The molecule has 0 spiro atoms. The van der Waals surface area contributed by atoms with Gasteiger partial charge in [0.2, 0.25) is 10.0 Å². The van der Waals surface area contributed by atoms with Crippen LogP contribution in [0.15, 0.2) is 41.8 Å². The second-order valence-electron chi connectivity index (χ2n) is 6.44. The maximum Gasteiger partial charge on any atom is 0.251 e. The first-order chi connectivity index (χ1) is 11.5. The monoisotopic (exact) mass is 349 g/mol. The van der Waals surface area contributed by atoms with E-state index in [0.29, 0.717) is 17.6 Å². The molecule has 1 aromatic carbocycles. The topological polar surface area (TPSA) is 87.3 Å². The Labute approximate surface area is 142 Å². The molecule has 0 aliphatic carbocycles. The van der Waals surface area contributed by atoms with Crippen LogP contribution in [0, 0.1) is 0 Å². The van der Waals surface area contributed by atoms with Crippen molar-refractivity contribution in [2.75, 3.05) is 6.54 Å². The van der Waals surface area contributed by atoms with Crippen LogP contribution in [0.2, 0.25) is 0 Å². The molecule has 3 rings (SSSR count). The maximum atomic E-state index is 12.4. The molecule has 3 N–H and O–H groups in total. The van der Waals surface area contributed by atoms with E-state index in [1.165, 1.54) is 31.1 Å². The summed E-state index contributed by atoms with van der Waals surface area (Å²) in [6.07, 6.45) is 5.76. The van der Waals surface area contributed by atoms with Crippen LogP contribution in [0.1, 0.15) is 36.0 Å². The molecule has 0 aromatic heterocycles. The molecule has 1 amide bonds. The van der Waals surface area contributed by atoms with E-state index >= 15 is 0 Å². The summed E-state index contributed by atoms with van der Waals surface area (Å²) in [5, 5.41) is 6.61. The van der Waals surface area contributed by atoms with Gasteiger partial charge in [0.15, 0.2) is 0 Å². The number of nitrogens with one attached hydrogen (secondary N) is 3. The second kappa shape index (κ2) is 7.04. The fourth-order valence-electron chi connectivity index (χ4n) is 3.48. The number of rotatable bonds is 6. The zero-order valence-corrected chi connectivity index (χ0v) is 14.3. The summed E-state index contributed by atoms with van der Waals surface area (Å²) in [6, 6.07) is 7.21. The predicted molar refractivity (Wildman–Crippen MR) is 92.3 cm³/mol. The molecule has 2 heterocycles. The first kappa shape index (κ1) is 17.1. The fourth-order valence-corrected chi connectivity index (χ4v) is 4.48. The van der Waals surface area contributed by atoms with Gasteiger partial charge in [-0.2, -0.15) is 0 Å². The highest BCUT2D eigenvalue weighted by atomic mass is 32.2. The number of fused-ring (bicyclic) bond motifs is 2. The van der Waals surface area contributed by atoms with Gasteiger partial charge < -0.3 is 10.6 Å². The van der Waals surface area contributed by atoms with E-state index in [0.717, 1.165) is 12.8 Å². The summed E-state index contributed by atoms with van der Waals surface area (Å²) in [4.78, 5) is 12.5. The van der Waals surface area contributed by atoms with Gasteiger partial charge in [0, 0.05) is 30.2 Å². The number of sulfonamides is 1. The van der Waals surface area contributed by atoms with Crippen molar-refractivity contribution in [1.29, 1.82) is 0 Å². The second-order valence-corrected chi connectivity index (χ2v) is 8.21. The van der Waals surface area contributed by atoms with Crippen molar-refractivity contribution < 1.29 is 13.2 Å². The molecular weight excluding hydrogens is 326 g/mol.